The smallest absolute Gasteiger partial charge is 0.338 e. The van der Waals surface area contributed by atoms with Gasteiger partial charge >= 0.3 is 5.97 Å². The maximum Gasteiger partial charge on any atom is 0.338 e. The topological polar surface area (TPSA) is 79.3 Å². The molecule has 0 saturated heterocycles. The van der Waals surface area contributed by atoms with Gasteiger partial charge in [0.15, 0.2) is 0 Å². The van der Waals surface area contributed by atoms with Crippen LogP contribution in [0.2, 0.25) is 5.15 Å². The molecule has 0 bridgehead atoms. The van der Waals surface area contributed by atoms with Gasteiger partial charge in [-0.05, 0) is 36.6 Å². The molecular weight excluding hydrogens is 304 g/mol. The molecule has 3 rings (SSSR count). The molecular formula is C16H13ClN2O3. The van der Waals surface area contributed by atoms with Gasteiger partial charge in [-0.15, -0.1) is 0 Å². The van der Waals surface area contributed by atoms with Crippen LogP contribution in [0, 0.1) is 0 Å². The third kappa shape index (κ3) is 3.09. The van der Waals surface area contributed by atoms with Gasteiger partial charge in [-0.3, -0.25) is 4.79 Å². The molecule has 5 nitrogen and oxygen atoms in total. The predicted molar refractivity (Wildman–Crippen MR) is 82.1 cm³/mol. The minimum Gasteiger partial charge on any atom is -0.478 e. The highest BCUT2D eigenvalue weighted by atomic mass is 35.5. The first-order chi connectivity index (χ1) is 10.5. The van der Waals surface area contributed by atoms with Gasteiger partial charge in [0.05, 0.1) is 5.56 Å². The second-order valence-electron chi connectivity index (χ2n) is 5.20. The summed E-state index contributed by atoms with van der Waals surface area (Å²) in [6, 6.07) is 8.73. The van der Waals surface area contributed by atoms with Gasteiger partial charge in [0, 0.05) is 23.4 Å². The van der Waals surface area contributed by atoms with Crippen LogP contribution in [0.4, 0.5) is 0 Å². The summed E-state index contributed by atoms with van der Waals surface area (Å²) in [7, 11) is 0. The lowest BCUT2D eigenvalue weighted by Crippen LogP contribution is -2.25. The minimum absolute atomic E-state index is 0.0566. The molecule has 1 saturated carbocycles. The fourth-order valence-electron chi connectivity index (χ4n) is 2.09. The number of carboxylic acids is 1. The fraction of sp³-hybridized carbons (Fsp3) is 0.188. The van der Waals surface area contributed by atoms with E-state index in [9.17, 15) is 9.59 Å². The average molecular weight is 317 g/mol. The zero-order valence-electron chi connectivity index (χ0n) is 11.5. The van der Waals surface area contributed by atoms with E-state index < -0.39 is 5.97 Å². The quantitative estimate of drug-likeness (QED) is 0.850. The van der Waals surface area contributed by atoms with E-state index >= 15 is 0 Å². The number of aromatic nitrogens is 1. The summed E-state index contributed by atoms with van der Waals surface area (Å²) in [4.78, 5) is 27.1. The molecule has 1 fully saturated rings. The number of hydrogen-bond donors (Lipinski definition) is 2. The number of halogens is 1. The van der Waals surface area contributed by atoms with Crippen LogP contribution < -0.4 is 5.32 Å². The molecule has 0 aliphatic heterocycles. The van der Waals surface area contributed by atoms with E-state index in [2.05, 4.69) is 10.3 Å². The van der Waals surface area contributed by atoms with Crippen molar-refractivity contribution in [3.63, 3.8) is 0 Å². The zero-order chi connectivity index (χ0) is 15.7. The van der Waals surface area contributed by atoms with Crippen LogP contribution in [0.25, 0.3) is 11.1 Å². The molecule has 1 aromatic carbocycles. The standard InChI is InChI=1S/C16H13ClN2O3/c17-14-13(16(21)22)7-11(8-18-14)9-2-1-3-10(6-9)15(20)19-12-4-5-12/h1-3,6-8,12H,4-5H2,(H,19,20)(H,21,22). The number of aromatic carboxylic acids is 1. The van der Waals surface area contributed by atoms with E-state index in [0.717, 1.165) is 18.4 Å². The largest absolute Gasteiger partial charge is 0.478 e. The Labute approximate surface area is 131 Å². The molecule has 1 aromatic heterocycles. The molecule has 0 spiro atoms. The summed E-state index contributed by atoms with van der Waals surface area (Å²) in [5.41, 5.74) is 1.79. The van der Waals surface area contributed by atoms with Crippen LogP contribution in [0.15, 0.2) is 36.5 Å². The number of carbonyl (C=O) groups is 2. The Morgan fingerprint density at radius 3 is 2.68 bits per heavy atom. The SMILES string of the molecule is O=C(NC1CC1)c1cccc(-c2cnc(Cl)c(C(=O)O)c2)c1. The van der Waals surface area contributed by atoms with Crippen LogP contribution >= 0.6 is 11.6 Å². The number of rotatable bonds is 4. The maximum atomic E-state index is 12.1. The van der Waals surface area contributed by atoms with Crippen molar-refractivity contribution < 1.29 is 14.7 Å². The number of hydrogen-bond acceptors (Lipinski definition) is 3. The van der Waals surface area contributed by atoms with E-state index in [0.29, 0.717) is 11.1 Å². The van der Waals surface area contributed by atoms with E-state index in [-0.39, 0.29) is 22.7 Å². The molecule has 1 heterocycles. The van der Waals surface area contributed by atoms with Crippen molar-refractivity contribution in [1.82, 2.24) is 10.3 Å². The van der Waals surface area contributed by atoms with Gasteiger partial charge in [-0.25, -0.2) is 9.78 Å². The lowest BCUT2D eigenvalue weighted by Gasteiger charge is -2.07. The van der Waals surface area contributed by atoms with Crippen molar-refractivity contribution in [1.29, 1.82) is 0 Å². The van der Waals surface area contributed by atoms with Crippen LogP contribution in [0.3, 0.4) is 0 Å². The summed E-state index contributed by atoms with van der Waals surface area (Å²) in [6.45, 7) is 0. The van der Waals surface area contributed by atoms with Crippen molar-refractivity contribution in [2.75, 3.05) is 0 Å². The molecule has 1 aliphatic rings. The third-order valence-electron chi connectivity index (χ3n) is 3.44. The first kappa shape index (κ1) is 14.5. The number of carboxylic acid groups (broad SMARTS) is 1. The fourth-order valence-corrected chi connectivity index (χ4v) is 2.28. The second-order valence-corrected chi connectivity index (χ2v) is 5.55. The molecule has 0 unspecified atom stereocenters. The molecule has 6 heteroatoms. The number of carbonyl (C=O) groups excluding carboxylic acids is 1. The first-order valence-corrected chi connectivity index (χ1v) is 7.22. The van der Waals surface area contributed by atoms with E-state index in [1.807, 2.05) is 0 Å². The van der Waals surface area contributed by atoms with Gasteiger partial charge in [0.1, 0.15) is 5.15 Å². The molecule has 0 atom stereocenters. The Balaban J connectivity index is 1.93. The Hall–Kier alpha value is -2.40. The van der Waals surface area contributed by atoms with E-state index in [1.165, 1.54) is 12.3 Å². The van der Waals surface area contributed by atoms with Crippen LogP contribution in [0.5, 0.6) is 0 Å². The third-order valence-corrected chi connectivity index (χ3v) is 3.74. The molecule has 1 aliphatic carbocycles. The zero-order valence-corrected chi connectivity index (χ0v) is 12.3. The van der Waals surface area contributed by atoms with Crippen molar-refractivity contribution in [3.05, 3.63) is 52.8 Å². The van der Waals surface area contributed by atoms with Crippen molar-refractivity contribution in [3.8, 4) is 11.1 Å². The Morgan fingerprint density at radius 1 is 1.23 bits per heavy atom. The number of nitrogens with one attached hydrogen (secondary N) is 1. The second kappa shape index (κ2) is 5.77. The summed E-state index contributed by atoms with van der Waals surface area (Å²) in [6.07, 6.45) is 3.54. The molecule has 22 heavy (non-hydrogen) atoms. The van der Waals surface area contributed by atoms with Crippen LogP contribution in [-0.2, 0) is 0 Å². The number of nitrogens with zero attached hydrogens (tertiary/aromatic N) is 1. The maximum absolute atomic E-state index is 12.1. The van der Waals surface area contributed by atoms with E-state index in [1.54, 1.807) is 24.3 Å². The summed E-state index contributed by atoms with van der Waals surface area (Å²) < 4.78 is 0. The van der Waals surface area contributed by atoms with Crippen molar-refractivity contribution >= 4 is 23.5 Å². The number of amides is 1. The lowest BCUT2D eigenvalue weighted by atomic mass is 10.0. The highest BCUT2D eigenvalue weighted by molar-refractivity contribution is 6.32. The Bertz CT molecular complexity index is 757. The molecule has 0 radical (unpaired) electrons. The highest BCUT2D eigenvalue weighted by Crippen LogP contribution is 2.25. The molecule has 2 aromatic rings. The monoisotopic (exact) mass is 316 g/mol. The number of pyridine rings is 1. The van der Waals surface area contributed by atoms with Gasteiger partial charge in [0.2, 0.25) is 0 Å². The van der Waals surface area contributed by atoms with Crippen molar-refractivity contribution in [2.45, 2.75) is 18.9 Å². The summed E-state index contributed by atoms with van der Waals surface area (Å²) in [5, 5.41) is 12.0. The first-order valence-electron chi connectivity index (χ1n) is 6.85. The molecule has 2 N–H and O–H groups in total. The minimum atomic E-state index is -1.14. The number of benzene rings is 1. The van der Waals surface area contributed by atoms with Gasteiger partial charge in [0.25, 0.3) is 5.91 Å². The van der Waals surface area contributed by atoms with Gasteiger partial charge < -0.3 is 10.4 Å². The summed E-state index contributed by atoms with van der Waals surface area (Å²) in [5.74, 6) is -1.26. The lowest BCUT2D eigenvalue weighted by molar-refractivity contribution is 0.0696. The van der Waals surface area contributed by atoms with Crippen molar-refractivity contribution in [2.24, 2.45) is 0 Å². The van der Waals surface area contributed by atoms with Gasteiger partial charge in [-0.1, -0.05) is 23.7 Å². The Kier molecular flexibility index (Phi) is 3.81. The van der Waals surface area contributed by atoms with E-state index in [4.69, 9.17) is 16.7 Å². The Morgan fingerprint density at radius 2 is 2.00 bits per heavy atom. The highest BCUT2D eigenvalue weighted by Gasteiger charge is 2.23. The summed E-state index contributed by atoms with van der Waals surface area (Å²) >= 11 is 5.77. The van der Waals surface area contributed by atoms with Crippen LogP contribution in [0.1, 0.15) is 33.6 Å². The molecule has 1 amide bonds. The normalized spacial score (nSPS) is 13.7. The average Bonchev–Trinajstić information content (AvgIpc) is 3.31. The molecule has 112 valence electrons. The van der Waals surface area contributed by atoms with Crippen LogP contribution in [-0.4, -0.2) is 28.0 Å². The van der Waals surface area contributed by atoms with Gasteiger partial charge in [-0.2, -0.15) is 0 Å². The predicted octanol–water partition coefficient (Wildman–Crippen LogP) is 2.99.